The standard InChI is InChI=1S/C20H20F2N2O3S/c1-13-6-7-16(11-17(13)22)28(26,27)24-12-15(21)10-19(24)20(25)23-9-8-14-4-2-3-5-18(14)23/h2-7,11,15,19H,8-10,12H2,1H3. The molecule has 8 heteroatoms. The lowest BCUT2D eigenvalue weighted by Gasteiger charge is -2.27. The molecule has 2 aliphatic rings. The van der Waals surface area contributed by atoms with E-state index in [-0.39, 0.29) is 11.3 Å². The lowest BCUT2D eigenvalue weighted by molar-refractivity contribution is -0.121. The predicted octanol–water partition coefficient (Wildman–Crippen LogP) is 2.82. The number of alkyl halides is 1. The van der Waals surface area contributed by atoms with Crippen LogP contribution >= 0.6 is 0 Å². The van der Waals surface area contributed by atoms with Gasteiger partial charge >= 0.3 is 0 Å². The minimum absolute atomic E-state index is 0.203. The van der Waals surface area contributed by atoms with Gasteiger partial charge in [0.15, 0.2) is 0 Å². The fourth-order valence-corrected chi connectivity index (χ4v) is 5.50. The van der Waals surface area contributed by atoms with Gasteiger partial charge < -0.3 is 4.90 Å². The zero-order valence-electron chi connectivity index (χ0n) is 15.3. The Morgan fingerprint density at radius 3 is 2.68 bits per heavy atom. The summed E-state index contributed by atoms with van der Waals surface area (Å²) in [6, 6.07) is 9.82. The molecule has 0 N–H and O–H groups in total. The maximum absolute atomic E-state index is 14.2. The highest BCUT2D eigenvalue weighted by atomic mass is 32.2. The molecule has 1 fully saturated rings. The van der Waals surface area contributed by atoms with Gasteiger partial charge in [-0.3, -0.25) is 4.79 Å². The van der Waals surface area contributed by atoms with Crippen molar-refractivity contribution in [2.75, 3.05) is 18.0 Å². The molecule has 0 aliphatic carbocycles. The van der Waals surface area contributed by atoms with Crippen molar-refractivity contribution in [3.05, 3.63) is 59.4 Å². The number of rotatable bonds is 3. The van der Waals surface area contributed by atoms with Crippen molar-refractivity contribution in [2.45, 2.75) is 36.9 Å². The van der Waals surface area contributed by atoms with Gasteiger partial charge in [-0.25, -0.2) is 17.2 Å². The zero-order valence-corrected chi connectivity index (χ0v) is 16.1. The molecule has 2 heterocycles. The number of nitrogens with zero attached hydrogens (tertiary/aromatic N) is 2. The number of aryl methyl sites for hydroxylation is 1. The SMILES string of the molecule is Cc1ccc(S(=O)(=O)N2CC(F)CC2C(=O)N2CCc3ccccc32)cc1F. The van der Waals surface area contributed by atoms with E-state index in [1.807, 2.05) is 12.1 Å². The molecular weight excluding hydrogens is 386 g/mol. The number of anilines is 1. The molecule has 28 heavy (non-hydrogen) atoms. The van der Waals surface area contributed by atoms with Crippen LogP contribution < -0.4 is 4.90 Å². The number of hydrogen-bond acceptors (Lipinski definition) is 3. The van der Waals surface area contributed by atoms with E-state index in [0.717, 1.165) is 21.6 Å². The molecule has 2 atom stereocenters. The second-order valence-corrected chi connectivity index (χ2v) is 9.09. The average Bonchev–Trinajstić information content (AvgIpc) is 3.27. The van der Waals surface area contributed by atoms with E-state index in [0.29, 0.717) is 18.5 Å². The summed E-state index contributed by atoms with van der Waals surface area (Å²) in [5, 5.41) is 0. The first-order chi connectivity index (χ1) is 13.3. The van der Waals surface area contributed by atoms with Crippen molar-refractivity contribution in [3.63, 3.8) is 0 Å². The molecule has 0 radical (unpaired) electrons. The van der Waals surface area contributed by atoms with Gasteiger partial charge in [0.1, 0.15) is 18.0 Å². The molecule has 2 aromatic rings. The maximum Gasteiger partial charge on any atom is 0.245 e. The van der Waals surface area contributed by atoms with Crippen LogP contribution in [0.3, 0.4) is 0 Å². The Labute approximate surface area is 162 Å². The largest absolute Gasteiger partial charge is 0.310 e. The first kappa shape index (κ1) is 19.0. The molecule has 1 amide bonds. The Bertz CT molecular complexity index is 1040. The van der Waals surface area contributed by atoms with Crippen LogP contribution in [-0.2, 0) is 21.2 Å². The summed E-state index contributed by atoms with van der Waals surface area (Å²) >= 11 is 0. The molecule has 4 rings (SSSR count). The zero-order chi connectivity index (χ0) is 20.1. The topological polar surface area (TPSA) is 57.7 Å². The van der Waals surface area contributed by atoms with Crippen molar-refractivity contribution in [1.29, 1.82) is 0 Å². The van der Waals surface area contributed by atoms with Gasteiger partial charge in [-0.15, -0.1) is 0 Å². The van der Waals surface area contributed by atoms with Gasteiger partial charge in [0, 0.05) is 25.2 Å². The van der Waals surface area contributed by atoms with E-state index in [2.05, 4.69) is 0 Å². The molecule has 1 saturated heterocycles. The van der Waals surface area contributed by atoms with E-state index in [1.165, 1.54) is 24.0 Å². The summed E-state index contributed by atoms with van der Waals surface area (Å²) in [5.74, 6) is -1.10. The van der Waals surface area contributed by atoms with Gasteiger partial charge in [0.05, 0.1) is 4.90 Å². The smallest absolute Gasteiger partial charge is 0.245 e. The lowest BCUT2D eigenvalue weighted by atomic mass is 10.1. The van der Waals surface area contributed by atoms with Crippen LogP contribution in [0.4, 0.5) is 14.5 Å². The summed E-state index contributed by atoms with van der Waals surface area (Å²) in [5.41, 5.74) is 2.04. The minimum atomic E-state index is -4.21. The number of carbonyl (C=O) groups is 1. The third-order valence-corrected chi connectivity index (χ3v) is 7.26. The fourth-order valence-electron chi connectivity index (χ4n) is 3.86. The molecular formula is C20H20F2N2O3S. The van der Waals surface area contributed by atoms with Crippen LogP contribution in [0.5, 0.6) is 0 Å². The Balaban J connectivity index is 1.67. The van der Waals surface area contributed by atoms with Crippen LogP contribution in [0, 0.1) is 12.7 Å². The van der Waals surface area contributed by atoms with Crippen molar-refractivity contribution in [3.8, 4) is 0 Å². The van der Waals surface area contributed by atoms with Crippen molar-refractivity contribution in [1.82, 2.24) is 4.31 Å². The summed E-state index contributed by atoms with van der Waals surface area (Å²) in [7, 11) is -4.21. The quantitative estimate of drug-likeness (QED) is 0.788. The van der Waals surface area contributed by atoms with Gasteiger partial charge in [-0.1, -0.05) is 24.3 Å². The highest BCUT2D eigenvalue weighted by molar-refractivity contribution is 7.89. The van der Waals surface area contributed by atoms with Crippen LogP contribution in [0.1, 0.15) is 17.5 Å². The Morgan fingerprint density at radius 2 is 1.93 bits per heavy atom. The summed E-state index contributed by atoms with van der Waals surface area (Å²) in [6.07, 6.45) is -0.980. The molecule has 5 nitrogen and oxygen atoms in total. The number of fused-ring (bicyclic) bond motifs is 1. The van der Waals surface area contributed by atoms with Gasteiger partial charge in [-0.05, 0) is 42.7 Å². The first-order valence-corrected chi connectivity index (χ1v) is 10.5. The van der Waals surface area contributed by atoms with Crippen LogP contribution in [0.2, 0.25) is 0 Å². The number of para-hydroxylation sites is 1. The first-order valence-electron chi connectivity index (χ1n) is 9.10. The van der Waals surface area contributed by atoms with Gasteiger partial charge in [0.2, 0.25) is 15.9 Å². The monoisotopic (exact) mass is 406 g/mol. The Hall–Kier alpha value is -2.32. The number of amides is 1. The number of carbonyl (C=O) groups excluding carboxylic acids is 1. The maximum atomic E-state index is 14.2. The number of sulfonamides is 1. The van der Waals surface area contributed by atoms with E-state index >= 15 is 0 Å². The summed E-state index contributed by atoms with van der Waals surface area (Å²) in [6.45, 7) is 1.54. The molecule has 2 unspecified atom stereocenters. The van der Waals surface area contributed by atoms with Crippen molar-refractivity contribution < 1.29 is 22.0 Å². The Morgan fingerprint density at radius 1 is 1.18 bits per heavy atom. The van der Waals surface area contributed by atoms with Gasteiger partial charge in [-0.2, -0.15) is 4.31 Å². The number of hydrogen-bond donors (Lipinski definition) is 0. The lowest BCUT2D eigenvalue weighted by Crippen LogP contribution is -2.47. The number of halogens is 2. The highest BCUT2D eigenvalue weighted by Crippen LogP contribution is 2.33. The van der Waals surface area contributed by atoms with Crippen LogP contribution in [0.25, 0.3) is 0 Å². The molecule has 2 aliphatic heterocycles. The van der Waals surface area contributed by atoms with E-state index in [1.54, 1.807) is 12.1 Å². The van der Waals surface area contributed by atoms with E-state index in [9.17, 15) is 22.0 Å². The van der Waals surface area contributed by atoms with E-state index in [4.69, 9.17) is 0 Å². The third kappa shape index (κ3) is 3.10. The highest BCUT2D eigenvalue weighted by Gasteiger charge is 2.46. The molecule has 0 aromatic heterocycles. The normalized spacial score (nSPS) is 22.5. The van der Waals surface area contributed by atoms with Crippen LogP contribution in [-0.4, -0.2) is 43.9 Å². The molecule has 2 aromatic carbocycles. The number of benzene rings is 2. The molecule has 0 saturated carbocycles. The summed E-state index contributed by atoms with van der Waals surface area (Å²) < 4.78 is 55.1. The minimum Gasteiger partial charge on any atom is -0.310 e. The predicted molar refractivity (Wildman–Crippen MR) is 101 cm³/mol. The second kappa shape index (κ2) is 6.93. The van der Waals surface area contributed by atoms with Crippen molar-refractivity contribution >= 4 is 21.6 Å². The van der Waals surface area contributed by atoms with Gasteiger partial charge in [0.25, 0.3) is 0 Å². The van der Waals surface area contributed by atoms with Crippen LogP contribution in [0.15, 0.2) is 47.4 Å². The fraction of sp³-hybridized carbons (Fsp3) is 0.350. The second-order valence-electron chi connectivity index (χ2n) is 7.20. The summed E-state index contributed by atoms with van der Waals surface area (Å²) in [4.78, 5) is 14.4. The molecule has 0 spiro atoms. The van der Waals surface area contributed by atoms with E-state index < -0.39 is 40.5 Å². The Kier molecular flexibility index (Phi) is 4.71. The van der Waals surface area contributed by atoms with Crippen molar-refractivity contribution in [2.24, 2.45) is 0 Å². The molecule has 148 valence electrons. The third-order valence-electron chi connectivity index (χ3n) is 5.39. The average molecular weight is 406 g/mol. The molecule has 0 bridgehead atoms.